The lowest BCUT2D eigenvalue weighted by molar-refractivity contribution is 0.484. The molecule has 0 spiro atoms. The van der Waals surface area contributed by atoms with Crippen LogP contribution in [-0.4, -0.2) is 67.2 Å². The first kappa shape index (κ1) is 23.3. The number of nitrogens with one attached hydrogen (secondary N) is 2. The summed E-state index contributed by atoms with van der Waals surface area (Å²) in [5, 5.41) is 7.69. The molecule has 0 saturated heterocycles. The van der Waals surface area contributed by atoms with E-state index in [2.05, 4.69) is 10.0 Å². The van der Waals surface area contributed by atoms with Crippen LogP contribution in [-0.2, 0) is 30.1 Å². The minimum absolute atomic E-state index is 0.0372. The third kappa shape index (κ3) is 7.13. The van der Waals surface area contributed by atoms with E-state index in [-0.39, 0.29) is 34.8 Å². The quantitative estimate of drug-likeness (QED) is 0.399. The Kier molecular flexibility index (Phi) is 7.34. The second-order valence-electron chi connectivity index (χ2n) is 6.48. The fourth-order valence-electron chi connectivity index (χ4n) is 2.21. The van der Waals surface area contributed by atoms with E-state index in [1.807, 2.05) is 0 Å². The molecule has 0 atom stereocenters. The Balaban J connectivity index is 2.00. The topological polar surface area (TPSA) is 156 Å². The third-order valence-electron chi connectivity index (χ3n) is 3.93. The molecule has 1 saturated carbocycles. The van der Waals surface area contributed by atoms with E-state index in [9.17, 15) is 25.3 Å². The van der Waals surface area contributed by atoms with Gasteiger partial charge in [-0.15, -0.1) is 0 Å². The first-order valence-electron chi connectivity index (χ1n) is 8.30. The maximum Gasteiger partial charge on any atom is 0.244 e. The Morgan fingerprint density at radius 2 is 1.79 bits per heavy atom. The summed E-state index contributed by atoms with van der Waals surface area (Å²) in [6.45, 7) is -0.192. The number of sulfonamides is 3. The maximum atomic E-state index is 12.5. The number of hydrogen-bond donors (Lipinski definition) is 3. The molecule has 0 aromatic heterocycles. The zero-order valence-electron chi connectivity index (χ0n) is 15.1. The van der Waals surface area contributed by atoms with Crippen molar-refractivity contribution in [2.24, 2.45) is 5.14 Å². The minimum Gasteiger partial charge on any atom is -0.384 e. The maximum absolute atomic E-state index is 12.5. The third-order valence-corrected chi connectivity index (χ3v) is 8.46. The van der Waals surface area contributed by atoms with Crippen molar-refractivity contribution in [3.63, 3.8) is 0 Å². The largest absolute Gasteiger partial charge is 0.384 e. The van der Waals surface area contributed by atoms with E-state index in [0.29, 0.717) is 5.69 Å². The van der Waals surface area contributed by atoms with E-state index in [1.54, 1.807) is 0 Å². The highest BCUT2D eigenvalue weighted by molar-refractivity contribution is 7.90. The fraction of sp³-hybridized carbons (Fsp3) is 0.571. The summed E-state index contributed by atoms with van der Waals surface area (Å²) in [6.07, 6.45) is 1.70. The van der Waals surface area contributed by atoms with Gasteiger partial charge >= 0.3 is 0 Å². The number of nitrogens with zero attached hydrogens (tertiary/aromatic N) is 1. The van der Waals surface area contributed by atoms with E-state index in [1.165, 1.54) is 25.2 Å². The molecule has 2 rings (SSSR count). The molecule has 0 amide bonds. The molecule has 0 heterocycles. The Hall–Kier alpha value is -0.960. The zero-order chi connectivity index (χ0) is 21.2. The number of halogens is 1. The Labute approximate surface area is 170 Å². The lowest BCUT2D eigenvalue weighted by Gasteiger charge is -2.18. The van der Waals surface area contributed by atoms with Crippen LogP contribution in [0.15, 0.2) is 23.1 Å². The summed E-state index contributed by atoms with van der Waals surface area (Å²) in [7, 11) is -9.96. The SMILES string of the molecule is CN(CCS(N)(=O)=O)S(=O)(=O)c1ccc(NCCS(=O)(=O)NC2CC2)cc1Cl. The second-order valence-corrected chi connectivity index (χ2v) is 12.5. The molecular formula is C14H23ClN4O6S3. The van der Waals surface area contributed by atoms with E-state index in [4.69, 9.17) is 16.7 Å². The van der Waals surface area contributed by atoms with Gasteiger partial charge < -0.3 is 5.32 Å². The molecule has 4 N–H and O–H groups in total. The number of primary sulfonamides is 1. The average molecular weight is 475 g/mol. The van der Waals surface area contributed by atoms with Gasteiger partial charge in [0.25, 0.3) is 0 Å². The molecule has 160 valence electrons. The van der Waals surface area contributed by atoms with Crippen molar-refractivity contribution in [3.8, 4) is 0 Å². The second kappa shape index (κ2) is 8.81. The number of anilines is 1. The Morgan fingerprint density at radius 1 is 1.14 bits per heavy atom. The van der Waals surface area contributed by atoms with Gasteiger partial charge in [0.1, 0.15) is 4.90 Å². The van der Waals surface area contributed by atoms with Crippen molar-refractivity contribution >= 4 is 47.4 Å². The fourth-order valence-corrected chi connectivity index (χ4v) is 5.77. The van der Waals surface area contributed by atoms with Crippen molar-refractivity contribution in [1.29, 1.82) is 0 Å². The van der Waals surface area contributed by atoms with Crippen LogP contribution >= 0.6 is 11.6 Å². The molecule has 10 nitrogen and oxygen atoms in total. The first-order chi connectivity index (χ1) is 12.8. The summed E-state index contributed by atoms with van der Waals surface area (Å²) >= 11 is 6.07. The normalized spacial score (nSPS) is 15.7. The molecule has 14 heteroatoms. The van der Waals surface area contributed by atoms with E-state index in [0.717, 1.165) is 17.1 Å². The number of rotatable bonds is 11. The van der Waals surface area contributed by atoms with Gasteiger partial charge in [-0.25, -0.2) is 35.1 Å². The molecule has 1 aromatic carbocycles. The summed E-state index contributed by atoms with van der Waals surface area (Å²) in [5.41, 5.74) is 0.456. The van der Waals surface area contributed by atoms with Crippen molar-refractivity contribution in [2.45, 2.75) is 23.8 Å². The van der Waals surface area contributed by atoms with Gasteiger partial charge in [-0.05, 0) is 31.0 Å². The van der Waals surface area contributed by atoms with Gasteiger partial charge in [-0.2, -0.15) is 4.31 Å². The highest BCUT2D eigenvalue weighted by Gasteiger charge is 2.27. The summed E-state index contributed by atoms with van der Waals surface area (Å²) in [5.74, 6) is -0.652. The van der Waals surface area contributed by atoms with Gasteiger partial charge in [-0.1, -0.05) is 11.6 Å². The lowest BCUT2D eigenvalue weighted by Crippen LogP contribution is -2.33. The van der Waals surface area contributed by atoms with Crippen molar-refractivity contribution < 1.29 is 25.3 Å². The van der Waals surface area contributed by atoms with Gasteiger partial charge in [0.15, 0.2) is 0 Å². The lowest BCUT2D eigenvalue weighted by atomic mass is 10.3. The molecule has 1 aliphatic rings. The smallest absolute Gasteiger partial charge is 0.244 e. The molecule has 1 aliphatic carbocycles. The Bertz CT molecular complexity index is 1020. The molecule has 0 radical (unpaired) electrons. The van der Waals surface area contributed by atoms with Gasteiger partial charge in [0.2, 0.25) is 30.1 Å². The summed E-state index contributed by atoms with van der Waals surface area (Å²) in [6, 6.07) is 4.12. The van der Waals surface area contributed by atoms with Gasteiger partial charge in [-0.3, -0.25) is 0 Å². The van der Waals surface area contributed by atoms with Crippen LogP contribution in [0.25, 0.3) is 0 Å². The summed E-state index contributed by atoms with van der Waals surface area (Å²) < 4.78 is 74.1. The van der Waals surface area contributed by atoms with Crippen LogP contribution in [0.1, 0.15) is 12.8 Å². The molecular weight excluding hydrogens is 452 g/mol. The van der Waals surface area contributed by atoms with Crippen LogP contribution < -0.4 is 15.2 Å². The first-order valence-corrected chi connectivity index (χ1v) is 13.5. The summed E-state index contributed by atoms with van der Waals surface area (Å²) in [4.78, 5) is -0.195. The van der Waals surface area contributed by atoms with E-state index < -0.39 is 35.8 Å². The van der Waals surface area contributed by atoms with Crippen LogP contribution in [0.4, 0.5) is 5.69 Å². The molecule has 0 aliphatic heterocycles. The predicted octanol–water partition coefficient (Wildman–Crippen LogP) is -0.257. The standard InChI is InChI=1S/C14H23ClN4O6S3/c1-19(7-9-26(16,20)21)28(24,25)14-5-4-12(10-13(14)15)17-6-8-27(22,23)18-11-2-3-11/h4-5,10-11,17-18H,2-3,6-9H2,1H3,(H2,16,20,21). The monoisotopic (exact) mass is 474 g/mol. The predicted molar refractivity (Wildman–Crippen MR) is 108 cm³/mol. The van der Waals surface area contributed by atoms with Crippen LogP contribution in [0.2, 0.25) is 5.02 Å². The van der Waals surface area contributed by atoms with Crippen LogP contribution in [0.5, 0.6) is 0 Å². The minimum atomic E-state index is -4.01. The molecule has 0 unspecified atom stereocenters. The number of hydrogen-bond acceptors (Lipinski definition) is 7. The van der Waals surface area contributed by atoms with Gasteiger partial charge in [0.05, 0.1) is 16.5 Å². The molecule has 0 bridgehead atoms. The van der Waals surface area contributed by atoms with Crippen molar-refractivity contribution in [2.75, 3.05) is 37.0 Å². The highest BCUT2D eigenvalue weighted by atomic mass is 35.5. The molecule has 1 fully saturated rings. The Morgan fingerprint density at radius 3 is 2.32 bits per heavy atom. The zero-order valence-corrected chi connectivity index (χ0v) is 18.3. The van der Waals surface area contributed by atoms with Crippen molar-refractivity contribution in [1.82, 2.24) is 9.03 Å². The van der Waals surface area contributed by atoms with E-state index >= 15 is 0 Å². The molecule has 28 heavy (non-hydrogen) atoms. The number of nitrogens with two attached hydrogens (primary N) is 1. The van der Waals surface area contributed by atoms with Gasteiger partial charge in [0, 0.05) is 31.9 Å². The molecule has 1 aromatic rings. The van der Waals surface area contributed by atoms with Crippen LogP contribution in [0.3, 0.4) is 0 Å². The highest BCUT2D eigenvalue weighted by Crippen LogP contribution is 2.27. The van der Waals surface area contributed by atoms with Crippen LogP contribution in [0, 0.1) is 0 Å². The van der Waals surface area contributed by atoms with Crippen molar-refractivity contribution in [3.05, 3.63) is 23.2 Å². The number of benzene rings is 1. The average Bonchev–Trinajstić information content (AvgIpc) is 3.34.